The summed E-state index contributed by atoms with van der Waals surface area (Å²) < 4.78 is 1.66. The normalized spacial score (nSPS) is 14.8. The second-order valence-electron chi connectivity index (χ2n) is 4.11. The van der Waals surface area contributed by atoms with Crippen molar-refractivity contribution in [3.05, 3.63) is 0 Å². The molecule has 2 aromatic rings. The third-order valence-corrected chi connectivity index (χ3v) is 3.37. The van der Waals surface area contributed by atoms with Crippen molar-refractivity contribution in [2.45, 2.75) is 5.16 Å². The number of hydrogen-bond acceptors (Lipinski definition) is 6. The number of amides is 1. The minimum absolute atomic E-state index is 0.0961. The molecule has 0 spiro atoms. The third-order valence-electron chi connectivity index (χ3n) is 2.83. The van der Waals surface area contributed by atoms with Gasteiger partial charge in [-0.05, 0) is 6.26 Å². The average molecular weight is 264 g/mol. The van der Waals surface area contributed by atoms with Crippen molar-refractivity contribution >= 4 is 40.3 Å². The number of likely N-dealkylation sites (N-methyl/N-ethyl adjacent to an activating group) is 1. The van der Waals surface area contributed by atoms with Gasteiger partial charge >= 0.3 is 0 Å². The van der Waals surface area contributed by atoms with Crippen molar-refractivity contribution in [1.29, 1.82) is 0 Å². The van der Waals surface area contributed by atoms with Gasteiger partial charge in [0.2, 0.25) is 5.91 Å². The zero-order valence-electron chi connectivity index (χ0n) is 10.3. The summed E-state index contributed by atoms with van der Waals surface area (Å²) in [6.07, 6.45) is 1.92. The number of hydrogen-bond donors (Lipinski definition) is 1. The molecule has 2 aromatic heterocycles. The maximum atomic E-state index is 11.7. The van der Waals surface area contributed by atoms with Gasteiger partial charge in [0, 0.05) is 14.1 Å². The van der Waals surface area contributed by atoms with E-state index < -0.39 is 0 Å². The van der Waals surface area contributed by atoms with Crippen LogP contribution in [0.25, 0.3) is 11.0 Å². The number of anilines is 2. The Hall–Kier alpha value is -1.83. The lowest BCUT2D eigenvalue weighted by Gasteiger charge is -2.15. The van der Waals surface area contributed by atoms with Gasteiger partial charge in [0.1, 0.15) is 11.2 Å². The zero-order chi connectivity index (χ0) is 12.9. The Morgan fingerprint density at radius 1 is 1.33 bits per heavy atom. The molecule has 7 nitrogen and oxygen atoms in total. The molecule has 1 aliphatic rings. The topological polar surface area (TPSA) is 75.9 Å². The van der Waals surface area contributed by atoms with E-state index in [0.29, 0.717) is 11.0 Å². The molecule has 0 radical (unpaired) electrons. The monoisotopic (exact) mass is 264 g/mol. The van der Waals surface area contributed by atoms with Crippen LogP contribution in [0.2, 0.25) is 0 Å². The van der Waals surface area contributed by atoms with E-state index in [9.17, 15) is 4.79 Å². The highest BCUT2D eigenvalue weighted by atomic mass is 32.2. The molecule has 0 bridgehead atoms. The van der Waals surface area contributed by atoms with E-state index in [0.717, 1.165) is 16.9 Å². The minimum atomic E-state index is -0.0961. The molecule has 0 fully saturated rings. The molecule has 0 unspecified atom stereocenters. The molecule has 0 aromatic carbocycles. The third kappa shape index (κ3) is 1.52. The predicted molar refractivity (Wildman–Crippen MR) is 70.0 cm³/mol. The molecule has 1 amide bonds. The summed E-state index contributed by atoms with van der Waals surface area (Å²) in [6.45, 7) is 0.264. The smallest absolute Gasteiger partial charge is 0.245 e. The Labute approximate surface area is 108 Å². The van der Waals surface area contributed by atoms with Crippen molar-refractivity contribution in [3.63, 3.8) is 0 Å². The van der Waals surface area contributed by atoms with E-state index in [2.05, 4.69) is 20.4 Å². The van der Waals surface area contributed by atoms with Crippen molar-refractivity contribution in [3.8, 4) is 0 Å². The largest absolute Gasteiger partial charge is 0.350 e. The molecular formula is C10H12N6OS. The van der Waals surface area contributed by atoms with Crippen LogP contribution in [0.5, 0.6) is 0 Å². The molecule has 0 atom stereocenters. The summed E-state index contributed by atoms with van der Waals surface area (Å²) in [5.41, 5.74) is 0.730. The van der Waals surface area contributed by atoms with Crippen LogP contribution in [0.4, 0.5) is 11.6 Å². The van der Waals surface area contributed by atoms with E-state index in [1.165, 1.54) is 11.8 Å². The quantitative estimate of drug-likeness (QED) is 0.596. The van der Waals surface area contributed by atoms with E-state index >= 15 is 0 Å². The molecule has 94 valence electrons. The molecule has 1 N–H and O–H groups in total. The second kappa shape index (κ2) is 3.84. The number of rotatable bonds is 1. The molecule has 1 aliphatic heterocycles. The van der Waals surface area contributed by atoms with E-state index in [4.69, 9.17) is 0 Å². The van der Waals surface area contributed by atoms with Gasteiger partial charge in [0.05, 0.1) is 6.54 Å². The number of carbonyl (C=O) groups is 1. The fraction of sp³-hybridized carbons (Fsp3) is 0.400. The SMILES string of the molecule is CSc1nc2c3c(nn(C)c3n1)NC(=O)CN2C. The van der Waals surface area contributed by atoms with Gasteiger partial charge in [0.15, 0.2) is 16.6 Å². The first-order chi connectivity index (χ1) is 8.60. The van der Waals surface area contributed by atoms with Crippen LogP contribution in [0.1, 0.15) is 0 Å². The lowest BCUT2D eigenvalue weighted by Crippen LogP contribution is -2.28. The van der Waals surface area contributed by atoms with Crippen LogP contribution in [0, 0.1) is 0 Å². The van der Waals surface area contributed by atoms with E-state index in [1.807, 2.05) is 18.2 Å². The molecule has 0 aliphatic carbocycles. The fourth-order valence-corrected chi connectivity index (χ4v) is 2.38. The summed E-state index contributed by atoms with van der Waals surface area (Å²) >= 11 is 1.47. The number of thioether (sulfide) groups is 1. The number of aryl methyl sites for hydroxylation is 1. The minimum Gasteiger partial charge on any atom is -0.350 e. The predicted octanol–water partition coefficient (Wildman–Crippen LogP) is 0.473. The van der Waals surface area contributed by atoms with Gasteiger partial charge in [-0.2, -0.15) is 5.10 Å². The number of nitrogens with one attached hydrogen (secondary N) is 1. The van der Waals surface area contributed by atoms with Gasteiger partial charge in [-0.1, -0.05) is 11.8 Å². The molecule has 3 rings (SSSR count). The highest BCUT2D eigenvalue weighted by Crippen LogP contribution is 2.32. The molecule has 18 heavy (non-hydrogen) atoms. The van der Waals surface area contributed by atoms with Gasteiger partial charge in [0.25, 0.3) is 0 Å². The summed E-state index contributed by atoms with van der Waals surface area (Å²) in [7, 11) is 3.65. The molecule has 0 saturated heterocycles. The Bertz CT molecular complexity index is 651. The highest BCUT2D eigenvalue weighted by molar-refractivity contribution is 7.98. The second-order valence-corrected chi connectivity index (χ2v) is 4.88. The number of nitrogens with zero attached hydrogens (tertiary/aromatic N) is 5. The van der Waals surface area contributed by atoms with Crippen molar-refractivity contribution in [2.75, 3.05) is 30.1 Å². The van der Waals surface area contributed by atoms with Crippen LogP contribution in [0.3, 0.4) is 0 Å². The standard InChI is InChI=1S/C10H12N6OS/c1-15-4-5(17)11-7-6-8(15)12-10(18-3)13-9(6)16(2)14-7/h4H2,1-3H3,(H,11,14,17). The van der Waals surface area contributed by atoms with Crippen molar-refractivity contribution in [2.24, 2.45) is 7.05 Å². The van der Waals surface area contributed by atoms with E-state index in [-0.39, 0.29) is 12.5 Å². The summed E-state index contributed by atoms with van der Waals surface area (Å²) in [5, 5.41) is 8.53. The van der Waals surface area contributed by atoms with Crippen LogP contribution >= 0.6 is 11.8 Å². The zero-order valence-corrected chi connectivity index (χ0v) is 11.1. The van der Waals surface area contributed by atoms with Crippen LogP contribution in [0.15, 0.2) is 5.16 Å². The molecular weight excluding hydrogens is 252 g/mol. The molecule has 3 heterocycles. The van der Waals surface area contributed by atoms with Crippen LogP contribution in [-0.4, -0.2) is 45.5 Å². The summed E-state index contributed by atoms with van der Waals surface area (Å²) in [5.74, 6) is 1.18. The van der Waals surface area contributed by atoms with Gasteiger partial charge in [-0.25, -0.2) is 14.6 Å². The Morgan fingerprint density at radius 3 is 2.83 bits per heavy atom. The van der Waals surface area contributed by atoms with Crippen LogP contribution in [-0.2, 0) is 11.8 Å². The lowest BCUT2D eigenvalue weighted by atomic mass is 10.3. The Kier molecular flexibility index (Phi) is 2.40. The Morgan fingerprint density at radius 2 is 2.11 bits per heavy atom. The van der Waals surface area contributed by atoms with Crippen molar-refractivity contribution in [1.82, 2.24) is 19.7 Å². The average Bonchev–Trinajstić information content (AvgIpc) is 2.58. The Balaban J connectivity index is 2.38. The van der Waals surface area contributed by atoms with Gasteiger partial charge in [-0.15, -0.1) is 0 Å². The fourth-order valence-electron chi connectivity index (χ4n) is 2.03. The van der Waals surface area contributed by atoms with Gasteiger partial charge < -0.3 is 10.2 Å². The summed E-state index contributed by atoms with van der Waals surface area (Å²) in [6, 6.07) is 0. The number of aromatic nitrogens is 4. The lowest BCUT2D eigenvalue weighted by molar-refractivity contribution is -0.114. The summed E-state index contributed by atoms with van der Waals surface area (Å²) in [4.78, 5) is 22.4. The first-order valence-electron chi connectivity index (χ1n) is 5.40. The van der Waals surface area contributed by atoms with Crippen molar-refractivity contribution < 1.29 is 4.79 Å². The molecule has 8 heteroatoms. The number of carbonyl (C=O) groups excluding carboxylic acids is 1. The molecule has 0 saturated carbocycles. The first kappa shape index (κ1) is 11.3. The van der Waals surface area contributed by atoms with Crippen LogP contribution < -0.4 is 10.2 Å². The maximum absolute atomic E-state index is 11.7. The first-order valence-corrected chi connectivity index (χ1v) is 6.62. The highest BCUT2D eigenvalue weighted by Gasteiger charge is 2.25. The van der Waals surface area contributed by atoms with E-state index in [1.54, 1.807) is 11.7 Å². The maximum Gasteiger partial charge on any atom is 0.245 e. The van der Waals surface area contributed by atoms with Gasteiger partial charge in [-0.3, -0.25) is 4.79 Å².